The van der Waals surface area contributed by atoms with Crippen LogP contribution in [-0.4, -0.2) is 20.8 Å². The molecule has 80 valence electrons. The van der Waals surface area contributed by atoms with E-state index in [9.17, 15) is 9.59 Å². The van der Waals surface area contributed by atoms with Crippen LogP contribution in [0.2, 0.25) is 0 Å². The van der Waals surface area contributed by atoms with Crippen molar-refractivity contribution in [3.8, 4) is 0 Å². The van der Waals surface area contributed by atoms with E-state index in [1.807, 2.05) is 0 Å². The highest BCUT2D eigenvalue weighted by Crippen LogP contribution is 2.33. The lowest BCUT2D eigenvalue weighted by Gasteiger charge is -2.10. The lowest BCUT2D eigenvalue weighted by atomic mass is 10.2. The SMILES string of the molecule is CC(=O)O/C=C(\CC(Cl)(Cl)Cl)C(=O)O. The van der Waals surface area contributed by atoms with Gasteiger partial charge in [0.05, 0.1) is 5.57 Å². The average molecular weight is 261 g/mol. The molecule has 0 aromatic heterocycles. The Balaban J connectivity index is 4.53. The van der Waals surface area contributed by atoms with Crippen LogP contribution in [0.3, 0.4) is 0 Å². The Morgan fingerprint density at radius 1 is 1.43 bits per heavy atom. The Morgan fingerprint density at radius 3 is 2.21 bits per heavy atom. The maximum absolute atomic E-state index is 10.6. The highest BCUT2D eigenvalue weighted by molar-refractivity contribution is 6.67. The summed E-state index contributed by atoms with van der Waals surface area (Å²) in [5.74, 6) is -1.95. The molecule has 1 N–H and O–H groups in total. The lowest BCUT2D eigenvalue weighted by molar-refractivity contribution is -0.135. The summed E-state index contributed by atoms with van der Waals surface area (Å²) >= 11 is 16.1. The Bertz CT molecular complexity index is 267. The van der Waals surface area contributed by atoms with Crippen molar-refractivity contribution in [3.05, 3.63) is 11.8 Å². The topological polar surface area (TPSA) is 63.6 Å². The summed E-state index contributed by atoms with van der Waals surface area (Å²) in [4.78, 5) is 20.9. The number of rotatable bonds is 3. The number of carboxylic acid groups (broad SMARTS) is 1. The van der Waals surface area contributed by atoms with Crippen LogP contribution in [0, 0.1) is 0 Å². The van der Waals surface area contributed by atoms with E-state index in [1.165, 1.54) is 0 Å². The first kappa shape index (κ1) is 13.5. The summed E-state index contributed by atoms with van der Waals surface area (Å²) < 4.78 is 2.62. The van der Waals surface area contributed by atoms with Crippen molar-refractivity contribution < 1.29 is 19.4 Å². The maximum atomic E-state index is 10.6. The van der Waals surface area contributed by atoms with Crippen LogP contribution >= 0.6 is 34.8 Å². The van der Waals surface area contributed by atoms with Crippen LogP contribution in [0.15, 0.2) is 11.8 Å². The molecule has 4 nitrogen and oxygen atoms in total. The van der Waals surface area contributed by atoms with E-state index in [0.29, 0.717) is 0 Å². The van der Waals surface area contributed by atoms with E-state index in [4.69, 9.17) is 39.9 Å². The lowest BCUT2D eigenvalue weighted by Crippen LogP contribution is -2.11. The zero-order valence-corrected chi connectivity index (χ0v) is 9.36. The highest BCUT2D eigenvalue weighted by Gasteiger charge is 2.25. The molecule has 0 aromatic carbocycles. The first-order chi connectivity index (χ1) is 6.22. The van der Waals surface area contributed by atoms with Crippen LogP contribution < -0.4 is 0 Å². The standard InChI is InChI=1S/C7H7Cl3O4/c1-4(11)14-3-5(6(12)13)2-7(8,9)10/h3H,2H2,1H3,(H,12,13)/b5-3+. The minimum atomic E-state index is -1.73. The predicted octanol–water partition coefficient (Wildman–Crippen LogP) is 2.28. The van der Waals surface area contributed by atoms with Crippen molar-refractivity contribution in [1.29, 1.82) is 0 Å². The third-order valence-electron chi connectivity index (χ3n) is 1.03. The second-order valence-corrected chi connectivity index (χ2v) is 4.87. The summed E-state index contributed by atoms with van der Waals surface area (Å²) in [6.07, 6.45) is 0.410. The number of halogens is 3. The molecular weight excluding hydrogens is 254 g/mol. The van der Waals surface area contributed by atoms with Crippen molar-refractivity contribution in [1.82, 2.24) is 0 Å². The third kappa shape index (κ3) is 7.00. The molecule has 0 radical (unpaired) electrons. The molecule has 0 saturated carbocycles. The Kier molecular flexibility index (Phi) is 5.26. The van der Waals surface area contributed by atoms with E-state index < -0.39 is 15.7 Å². The first-order valence-corrected chi connectivity index (χ1v) is 4.52. The summed E-state index contributed by atoms with van der Waals surface area (Å²) in [7, 11) is 0. The van der Waals surface area contributed by atoms with Gasteiger partial charge in [0.15, 0.2) is 3.79 Å². The number of hydrogen-bond donors (Lipinski definition) is 1. The Labute approximate surface area is 95.4 Å². The summed E-state index contributed by atoms with van der Waals surface area (Å²) in [6.45, 7) is 1.13. The molecule has 0 aromatic rings. The number of hydrogen-bond acceptors (Lipinski definition) is 3. The van der Waals surface area contributed by atoms with Gasteiger partial charge in [-0.3, -0.25) is 4.79 Å². The van der Waals surface area contributed by atoms with Gasteiger partial charge in [-0.25, -0.2) is 4.79 Å². The molecular formula is C7H7Cl3O4. The molecule has 0 fully saturated rings. The van der Waals surface area contributed by atoms with Gasteiger partial charge in [0, 0.05) is 13.3 Å². The van der Waals surface area contributed by atoms with Crippen LogP contribution in [0.1, 0.15) is 13.3 Å². The van der Waals surface area contributed by atoms with Gasteiger partial charge in [-0.2, -0.15) is 0 Å². The minimum absolute atomic E-state index is 0.291. The van der Waals surface area contributed by atoms with Gasteiger partial charge in [0.25, 0.3) is 0 Å². The van der Waals surface area contributed by atoms with Crippen molar-refractivity contribution in [2.75, 3.05) is 0 Å². The monoisotopic (exact) mass is 260 g/mol. The van der Waals surface area contributed by atoms with Gasteiger partial charge >= 0.3 is 11.9 Å². The molecule has 0 amide bonds. The van der Waals surface area contributed by atoms with E-state index in [0.717, 1.165) is 13.2 Å². The molecule has 0 rings (SSSR count). The van der Waals surface area contributed by atoms with Crippen LogP contribution in [0.4, 0.5) is 0 Å². The number of alkyl halides is 3. The van der Waals surface area contributed by atoms with Crippen molar-refractivity contribution >= 4 is 46.7 Å². The molecule has 0 aliphatic heterocycles. The van der Waals surface area contributed by atoms with Crippen LogP contribution in [0.5, 0.6) is 0 Å². The molecule has 0 aliphatic rings. The van der Waals surface area contributed by atoms with Gasteiger partial charge in [0.2, 0.25) is 0 Å². The Hall–Kier alpha value is -0.450. The van der Waals surface area contributed by atoms with Crippen LogP contribution in [-0.2, 0) is 14.3 Å². The van der Waals surface area contributed by atoms with E-state index in [-0.39, 0.29) is 12.0 Å². The van der Waals surface area contributed by atoms with Crippen molar-refractivity contribution in [2.24, 2.45) is 0 Å². The second-order valence-electron chi connectivity index (χ2n) is 2.35. The predicted molar refractivity (Wildman–Crippen MR) is 52.4 cm³/mol. The molecule has 0 heterocycles. The molecule has 0 bridgehead atoms. The largest absolute Gasteiger partial charge is 0.478 e. The zero-order chi connectivity index (χ0) is 11.4. The molecule has 0 saturated heterocycles. The first-order valence-electron chi connectivity index (χ1n) is 3.38. The number of esters is 1. The maximum Gasteiger partial charge on any atom is 0.334 e. The molecule has 14 heavy (non-hydrogen) atoms. The van der Waals surface area contributed by atoms with Crippen molar-refractivity contribution in [2.45, 2.75) is 17.1 Å². The number of carboxylic acids is 1. The molecule has 0 aliphatic carbocycles. The van der Waals surface area contributed by atoms with Crippen LogP contribution in [0.25, 0.3) is 0 Å². The van der Waals surface area contributed by atoms with Gasteiger partial charge < -0.3 is 9.84 Å². The van der Waals surface area contributed by atoms with E-state index >= 15 is 0 Å². The highest BCUT2D eigenvalue weighted by atomic mass is 35.6. The fourth-order valence-electron chi connectivity index (χ4n) is 0.538. The van der Waals surface area contributed by atoms with E-state index in [1.54, 1.807) is 0 Å². The smallest absolute Gasteiger partial charge is 0.334 e. The second kappa shape index (κ2) is 5.44. The quantitative estimate of drug-likeness (QED) is 0.366. The van der Waals surface area contributed by atoms with Gasteiger partial charge in [-0.15, -0.1) is 0 Å². The van der Waals surface area contributed by atoms with Crippen molar-refractivity contribution in [3.63, 3.8) is 0 Å². The number of aliphatic carboxylic acids is 1. The van der Waals surface area contributed by atoms with Gasteiger partial charge in [-0.05, 0) is 0 Å². The fraction of sp³-hybridized carbons (Fsp3) is 0.429. The third-order valence-corrected chi connectivity index (χ3v) is 1.43. The summed E-state index contributed by atoms with van der Waals surface area (Å²) in [5, 5.41) is 8.61. The fourth-order valence-corrected chi connectivity index (χ4v) is 0.970. The van der Waals surface area contributed by atoms with Gasteiger partial charge in [0.1, 0.15) is 6.26 Å². The van der Waals surface area contributed by atoms with E-state index in [2.05, 4.69) is 4.74 Å². The summed E-state index contributed by atoms with van der Waals surface area (Å²) in [5.41, 5.74) is -0.291. The molecule has 0 spiro atoms. The normalized spacial score (nSPS) is 12.4. The molecule has 7 heteroatoms. The Morgan fingerprint density at radius 2 is 1.93 bits per heavy atom. The summed E-state index contributed by atoms with van der Waals surface area (Å²) in [6, 6.07) is 0. The number of carbonyl (C=O) groups is 2. The zero-order valence-electron chi connectivity index (χ0n) is 7.09. The number of ether oxygens (including phenoxy) is 1. The number of carbonyl (C=O) groups excluding carboxylic acids is 1. The van der Waals surface area contributed by atoms with Gasteiger partial charge in [-0.1, -0.05) is 34.8 Å². The molecule has 0 atom stereocenters. The average Bonchev–Trinajstić information content (AvgIpc) is 1.94. The minimum Gasteiger partial charge on any atom is -0.478 e. The molecule has 0 unspecified atom stereocenters.